The minimum atomic E-state index is -1.48. The first-order valence-electron chi connectivity index (χ1n) is 7.93. The Morgan fingerprint density at radius 1 is 1.25 bits per heavy atom. The second-order valence-electron chi connectivity index (χ2n) is 7.68. The van der Waals surface area contributed by atoms with Gasteiger partial charge >= 0.3 is 5.97 Å². The van der Waals surface area contributed by atoms with Crippen LogP contribution in [0.25, 0.3) is 0 Å². The SMILES string of the molecule is CC(=O)SCC1(C)C(=O)N2CCCC(C(=O)O)(C(C)(C)C)N2C1=O. The van der Waals surface area contributed by atoms with Gasteiger partial charge in [0.25, 0.3) is 11.8 Å². The Kier molecular flexibility index (Phi) is 4.50. The minimum Gasteiger partial charge on any atom is -0.479 e. The van der Waals surface area contributed by atoms with Gasteiger partial charge in [-0.05, 0) is 25.2 Å². The van der Waals surface area contributed by atoms with Crippen LogP contribution in [0, 0.1) is 10.8 Å². The van der Waals surface area contributed by atoms with E-state index in [0.717, 1.165) is 11.8 Å². The third-order valence-electron chi connectivity index (χ3n) is 5.04. The molecule has 7 nitrogen and oxygen atoms in total. The summed E-state index contributed by atoms with van der Waals surface area (Å²) in [4.78, 5) is 49.5. The summed E-state index contributed by atoms with van der Waals surface area (Å²) in [7, 11) is 0. The number of carbonyl (C=O) groups is 4. The van der Waals surface area contributed by atoms with Crippen LogP contribution < -0.4 is 0 Å². The van der Waals surface area contributed by atoms with Crippen molar-refractivity contribution in [3.8, 4) is 0 Å². The Hall–Kier alpha value is -1.57. The average Bonchev–Trinajstić information content (AvgIpc) is 2.66. The van der Waals surface area contributed by atoms with Gasteiger partial charge in [0.05, 0.1) is 0 Å². The van der Waals surface area contributed by atoms with E-state index in [9.17, 15) is 24.3 Å². The van der Waals surface area contributed by atoms with Gasteiger partial charge in [0.1, 0.15) is 5.41 Å². The minimum absolute atomic E-state index is 0.0207. The summed E-state index contributed by atoms with van der Waals surface area (Å²) in [5, 5.41) is 12.2. The fourth-order valence-corrected chi connectivity index (χ4v) is 4.30. The van der Waals surface area contributed by atoms with Crippen molar-refractivity contribution in [2.75, 3.05) is 12.3 Å². The fraction of sp³-hybridized carbons (Fsp3) is 0.750. The van der Waals surface area contributed by atoms with Crippen LogP contribution in [0.15, 0.2) is 0 Å². The molecule has 2 unspecified atom stereocenters. The van der Waals surface area contributed by atoms with Gasteiger partial charge in [-0.15, -0.1) is 0 Å². The number of rotatable bonds is 3. The molecule has 2 saturated heterocycles. The van der Waals surface area contributed by atoms with Crippen molar-refractivity contribution in [3.63, 3.8) is 0 Å². The lowest BCUT2D eigenvalue weighted by atomic mass is 9.69. The van der Waals surface area contributed by atoms with Crippen molar-refractivity contribution in [3.05, 3.63) is 0 Å². The van der Waals surface area contributed by atoms with E-state index in [4.69, 9.17) is 0 Å². The van der Waals surface area contributed by atoms with Crippen molar-refractivity contribution in [2.45, 2.75) is 53.0 Å². The van der Waals surface area contributed by atoms with Crippen molar-refractivity contribution in [1.29, 1.82) is 0 Å². The topological polar surface area (TPSA) is 95.0 Å². The molecule has 0 aliphatic carbocycles. The lowest BCUT2D eigenvalue weighted by molar-refractivity contribution is -0.199. The number of hydrogen-bond acceptors (Lipinski definition) is 5. The fourth-order valence-electron chi connectivity index (χ4n) is 3.56. The Morgan fingerprint density at radius 2 is 1.83 bits per heavy atom. The van der Waals surface area contributed by atoms with E-state index in [1.54, 1.807) is 20.8 Å². The molecule has 2 amide bonds. The lowest BCUT2D eigenvalue weighted by Crippen LogP contribution is -2.69. The molecule has 8 heteroatoms. The number of fused-ring (bicyclic) bond motifs is 1. The lowest BCUT2D eigenvalue weighted by Gasteiger charge is -2.52. The molecule has 0 radical (unpaired) electrons. The highest BCUT2D eigenvalue weighted by molar-refractivity contribution is 8.13. The molecule has 2 aliphatic rings. The Bertz CT molecular complexity index is 614. The summed E-state index contributed by atoms with van der Waals surface area (Å²) in [6.07, 6.45) is 0.798. The van der Waals surface area contributed by atoms with Gasteiger partial charge in [0, 0.05) is 19.2 Å². The van der Waals surface area contributed by atoms with Crippen LogP contribution in [0.2, 0.25) is 0 Å². The van der Waals surface area contributed by atoms with E-state index in [2.05, 4.69) is 0 Å². The van der Waals surface area contributed by atoms with E-state index in [1.807, 2.05) is 0 Å². The number of thioether (sulfide) groups is 1. The first kappa shape index (κ1) is 18.8. The van der Waals surface area contributed by atoms with Gasteiger partial charge in [0.2, 0.25) is 0 Å². The molecule has 1 N–H and O–H groups in total. The normalized spacial score (nSPS) is 30.5. The third kappa shape index (κ3) is 2.42. The maximum Gasteiger partial charge on any atom is 0.332 e. The van der Waals surface area contributed by atoms with Crippen LogP contribution in [0.1, 0.15) is 47.5 Å². The molecule has 2 fully saturated rings. The van der Waals surface area contributed by atoms with Gasteiger partial charge in [-0.25, -0.2) is 14.8 Å². The molecule has 24 heavy (non-hydrogen) atoms. The number of carboxylic acids is 1. The zero-order valence-corrected chi connectivity index (χ0v) is 15.5. The maximum atomic E-state index is 13.1. The first-order chi connectivity index (χ1) is 10.9. The summed E-state index contributed by atoms with van der Waals surface area (Å²) >= 11 is 0.915. The van der Waals surface area contributed by atoms with Gasteiger partial charge < -0.3 is 5.11 Å². The van der Waals surface area contributed by atoms with Gasteiger partial charge in [-0.2, -0.15) is 0 Å². The molecule has 2 rings (SSSR count). The highest BCUT2D eigenvalue weighted by atomic mass is 32.2. The standard InChI is InChI=1S/C16H24N2O5S/c1-10(19)24-9-15(5)11(20)17-8-6-7-16(13(22)23,14(2,3)4)18(17)12(15)21/h6-9H2,1-5H3,(H,22,23). The van der Waals surface area contributed by atoms with Crippen molar-refractivity contribution < 1.29 is 24.3 Å². The van der Waals surface area contributed by atoms with E-state index >= 15 is 0 Å². The highest BCUT2D eigenvalue weighted by Gasteiger charge is 2.67. The summed E-state index contributed by atoms with van der Waals surface area (Å²) < 4.78 is 0. The summed E-state index contributed by atoms with van der Waals surface area (Å²) in [5.41, 5.74) is -3.64. The largest absolute Gasteiger partial charge is 0.479 e. The van der Waals surface area contributed by atoms with Crippen LogP contribution >= 0.6 is 11.8 Å². The third-order valence-corrected chi connectivity index (χ3v) is 6.17. The smallest absolute Gasteiger partial charge is 0.332 e. The van der Waals surface area contributed by atoms with Crippen molar-refractivity contribution in [1.82, 2.24) is 10.0 Å². The van der Waals surface area contributed by atoms with Crippen molar-refractivity contribution >= 4 is 34.7 Å². The van der Waals surface area contributed by atoms with E-state index in [-0.39, 0.29) is 17.3 Å². The van der Waals surface area contributed by atoms with Gasteiger partial charge in [0.15, 0.2) is 10.7 Å². The monoisotopic (exact) mass is 356 g/mol. The molecule has 0 aromatic heterocycles. The average molecular weight is 356 g/mol. The van der Waals surface area contributed by atoms with Gasteiger partial charge in [-0.1, -0.05) is 32.5 Å². The first-order valence-corrected chi connectivity index (χ1v) is 8.91. The molecule has 2 atom stereocenters. The van der Waals surface area contributed by atoms with Crippen LogP contribution in [0.3, 0.4) is 0 Å². The number of hydrazine groups is 1. The van der Waals surface area contributed by atoms with E-state index in [0.29, 0.717) is 13.0 Å². The van der Waals surface area contributed by atoms with Crippen LogP contribution in [-0.4, -0.2) is 55.9 Å². The summed E-state index contributed by atoms with van der Waals surface area (Å²) in [6, 6.07) is 0. The number of hydrogen-bond donors (Lipinski definition) is 1. The maximum absolute atomic E-state index is 13.1. The number of carbonyl (C=O) groups excluding carboxylic acids is 3. The molecule has 0 spiro atoms. The Morgan fingerprint density at radius 3 is 2.29 bits per heavy atom. The molecule has 0 bridgehead atoms. The predicted molar refractivity (Wildman–Crippen MR) is 88.9 cm³/mol. The Labute approximate surface area is 145 Å². The number of nitrogens with zero attached hydrogens (tertiary/aromatic N) is 2. The summed E-state index contributed by atoms with van der Waals surface area (Å²) in [6.45, 7) is 8.49. The number of carboxylic acid groups (broad SMARTS) is 1. The van der Waals surface area contributed by atoms with Crippen LogP contribution in [0.4, 0.5) is 0 Å². The van der Waals surface area contributed by atoms with Gasteiger partial charge in [-0.3, -0.25) is 14.4 Å². The Balaban J connectivity index is 2.54. The second-order valence-corrected chi connectivity index (χ2v) is 8.83. The number of aliphatic carboxylic acids is 1. The molecular weight excluding hydrogens is 332 g/mol. The van der Waals surface area contributed by atoms with E-state index in [1.165, 1.54) is 23.9 Å². The van der Waals surface area contributed by atoms with Crippen LogP contribution in [-0.2, 0) is 19.2 Å². The molecule has 0 saturated carbocycles. The molecule has 134 valence electrons. The predicted octanol–water partition coefficient (Wildman–Crippen LogP) is 1.52. The molecule has 2 aliphatic heterocycles. The quantitative estimate of drug-likeness (QED) is 0.771. The summed E-state index contributed by atoms with van der Waals surface area (Å²) in [5.74, 6) is -2.04. The second kappa shape index (κ2) is 5.75. The van der Waals surface area contributed by atoms with Crippen molar-refractivity contribution in [2.24, 2.45) is 10.8 Å². The van der Waals surface area contributed by atoms with Crippen LogP contribution in [0.5, 0.6) is 0 Å². The highest BCUT2D eigenvalue weighted by Crippen LogP contribution is 2.49. The molecular formula is C16H24N2O5S. The van der Waals surface area contributed by atoms with E-state index < -0.39 is 34.2 Å². The molecule has 0 aromatic rings. The zero-order valence-electron chi connectivity index (χ0n) is 14.7. The molecule has 0 aromatic carbocycles. The molecule has 2 heterocycles. The zero-order chi connectivity index (χ0) is 18.5. The number of amides is 2.